The van der Waals surface area contributed by atoms with E-state index in [1.165, 1.54) is 11.1 Å². The predicted octanol–water partition coefficient (Wildman–Crippen LogP) is 3.37. The molecule has 0 aliphatic rings. The van der Waals surface area contributed by atoms with E-state index >= 15 is 0 Å². The van der Waals surface area contributed by atoms with Gasteiger partial charge in [-0.15, -0.1) is 0 Å². The van der Waals surface area contributed by atoms with E-state index < -0.39 is 5.97 Å². The number of aryl methyl sites for hydroxylation is 2. The molecule has 0 aromatic heterocycles. The summed E-state index contributed by atoms with van der Waals surface area (Å²) in [5.74, 6) is -0.928. The van der Waals surface area contributed by atoms with Crippen molar-refractivity contribution in [2.24, 2.45) is 0 Å². The molecule has 4 heteroatoms. The molecule has 24 heavy (non-hydrogen) atoms. The highest BCUT2D eigenvalue weighted by Gasteiger charge is 2.10. The monoisotopic (exact) mass is 325 g/mol. The summed E-state index contributed by atoms with van der Waals surface area (Å²) in [6.45, 7) is 4.08. The zero-order chi connectivity index (χ0) is 17.5. The van der Waals surface area contributed by atoms with Crippen LogP contribution in [0.4, 0.5) is 0 Å². The van der Waals surface area contributed by atoms with E-state index in [0.29, 0.717) is 12.8 Å². The molecular formula is C20H23NO3. The normalized spacial score (nSPS) is 11.8. The quantitative estimate of drug-likeness (QED) is 0.820. The lowest BCUT2D eigenvalue weighted by atomic mass is 10.0. The Morgan fingerprint density at radius 3 is 2.38 bits per heavy atom. The Bertz CT molecular complexity index is 707. The van der Waals surface area contributed by atoms with Crippen molar-refractivity contribution < 1.29 is 14.7 Å². The van der Waals surface area contributed by atoms with E-state index in [4.69, 9.17) is 5.11 Å². The van der Waals surface area contributed by atoms with Gasteiger partial charge >= 0.3 is 5.97 Å². The Labute approximate surface area is 142 Å². The van der Waals surface area contributed by atoms with Crippen LogP contribution >= 0.6 is 0 Å². The van der Waals surface area contributed by atoms with E-state index in [1.807, 2.05) is 19.1 Å². The van der Waals surface area contributed by atoms with E-state index in [9.17, 15) is 9.59 Å². The smallest absolute Gasteiger partial charge is 0.335 e. The molecule has 126 valence electrons. The van der Waals surface area contributed by atoms with Gasteiger partial charge in [-0.25, -0.2) is 4.79 Å². The maximum absolute atomic E-state index is 12.1. The van der Waals surface area contributed by atoms with Crippen molar-refractivity contribution in [2.75, 3.05) is 0 Å². The highest BCUT2D eigenvalue weighted by atomic mass is 16.4. The molecule has 2 aromatic carbocycles. The maximum atomic E-state index is 12.1. The summed E-state index contributed by atoms with van der Waals surface area (Å²) in [6.07, 6.45) is 1.80. The lowest BCUT2D eigenvalue weighted by molar-refractivity contribution is -0.121. The third kappa shape index (κ3) is 5.23. The van der Waals surface area contributed by atoms with Crippen molar-refractivity contribution in [2.45, 2.75) is 39.2 Å². The van der Waals surface area contributed by atoms with Crippen LogP contribution in [-0.2, 0) is 17.6 Å². The summed E-state index contributed by atoms with van der Waals surface area (Å²) in [6, 6.07) is 14.9. The van der Waals surface area contributed by atoms with Crippen LogP contribution in [0.25, 0.3) is 0 Å². The number of hydrogen-bond donors (Lipinski definition) is 2. The zero-order valence-corrected chi connectivity index (χ0v) is 14.1. The first kappa shape index (κ1) is 17.7. The van der Waals surface area contributed by atoms with Crippen LogP contribution in [-0.4, -0.2) is 23.0 Å². The largest absolute Gasteiger partial charge is 0.478 e. The number of rotatable bonds is 7. The maximum Gasteiger partial charge on any atom is 0.335 e. The lowest BCUT2D eigenvalue weighted by Crippen LogP contribution is -2.34. The van der Waals surface area contributed by atoms with Crippen LogP contribution in [0, 0.1) is 6.92 Å². The fourth-order valence-corrected chi connectivity index (χ4v) is 2.64. The lowest BCUT2D eigenvalue weighted by Gasteiger charge is -2.15. The van der Waals surface area contributed by atoms with E-state index in [0.717, 1.165) is 12.0 Å². The van der Waals surface area contributed by atoms with Crippen LogP contribution in [0.3, 0.4) is 0 Å². The molecule has 2 rings (SSSR count). The molecule has 0 spiro atoms. The van der Waals surface area contributed by atoms with Gasteiger partial charge in [0, 0.05) is 12.5 Å². The fourth-order valence-electron chi connectivity index (χ4n) is 2.64. The molecule has 1 amide bonds. The summed E-state index contributed by atoms with van der Waals surface area (Å²) in [4.78, 5) is 22.9. The Morgan fingerprint density at radius 2 is 1.75 bits per heavy atom. The molecule has 0 saturated heterocycles. The number of carboxylic acid groups (broad SMARTS) is 1. The van der Waals surface area contributed by atoms with Gasteiger partial charge in [0.1, 0.15) is 0 Å². The molecule has 0 radical (unpaired) electrons. The molecule has 0 heterocycles. The molecule has 0 aliphatic heterocycles. The summed E-state index contributed by atoms with van der Waals surface area (Å²) >= 11 is 0. The van der Waals surface area contributed by atoms with Crippen LogP contribution in [0.15, 0.2) is 48.5 Å². The average Bonchev–Trinajstić information content (AvgIpc) is 2.55. The Kier molecular flexibility index (Phi) is 6.13. The number of amides is 1. The van der Waals surface area contributed by atoms with Crippen molar-refractivity contribution in [1.82, 2.24) is 5.32 Å². The summed E-state index contributed by atoms with van der Waals surface area (Å²) in [5, 5.41) is 11.9. The first-order valence-electron chi connectivity index (χ1n) is 8.12. The highest BCUT2D eigenvalue weighted by Crippen LogP contribution is 2.10. The molecule has 1 atom stereocenters. The second kappa shape index (κ2) is 8.29. The van der Waals surface area contributed by atoms with Gasteiger partial charge in [0.25, 0.3) is 0 Å². The molecular weight excluding hydrogens is 302 g/mol. The number of benzene rings is 2. The number of carboxylic acids is 1. The average molecular weight is 325 g/mol. The molecule has 0 aliphatic carbocycles. The SMILES string of the molecule is Cc1ccccc1CC(C)NC(=O)CCc1ccc(C(=O)O)cc1. The van der Waals surface area contributed by atoms with E-state index in [2.05, 4.69) is 24.4 Å². The summed E-state index contributed by atoms with van der Waals surface area (Å²) in [5.41, 5.74) is 3.70. The first-order valence-corrected chi connectivity index (χ1v) is 8.12. The second-order valence-electron chi connectivity index (χ2n) is 6.10. The van der Waals surface area contributed by atoms with Gasteiger partial charge in [0.05, 0.1) is 5.56 Å². The van der Waals surface area contributed by atoms with Crippen LogP contribution < -0.4 is 5.32 Å². The zero-order valence-electron chi connectivity index (χ0n) is 14.1. The van der Waals surface area contributed by atoms with Crippen LogP contribution in [0.5, 0.6) is 0 Å². The molecule has 2 N–H and O–H groups in total. The van der Waals surface area contributed by atoms with Gasteiger partial charge in [0.15, 0.2) is 0 Å². The van der Waals surface area contributed by atoms with Crippen LogP contribution in [0.1, 0.15) is 40.4 Å². The highest BCUT2D eigenvalue weighted by molar-refractivity contribution is 5.87. The second-order valence-corrected chi connectivity index (χ2v) is 6.10. The van der Waals surface area contributed by atoms with Crippen molar-refractivity contribution >= 4 is 11.9 Å². The number of nitrogens with one attached hydrogen (secondary N) is 1. The van der Waals surface area contributed by atoms with E-state index in [1.54, 1.807) is 24.3 Å². The number of carbonyl (C=O) groups is 2. The van der Waals surface area contributed by atoms with Gasteiger partial charge < -0.3 is 10.4 Å². The fraction of sp³-hybridized carbons (Fsp3) is 0.300. The Hall–Kier alpha value is -2.62. The van der Waals surface area contributed by atoms with Crippen LogP contribution in [0.2, 0.25) is 0 Å². The minimum Gasteiger partial charge on any atom is -0.478 e. The standard InChI is InChI=1S/C20H23NO3/c1-14-5-3-4-6-18(14)13-15(2)21-19(22)12-9-16-7-10-17(11-8-16)20(23)24/h3-8,10-11,15H,9,12-13H2,1-2H3,(H,21,22)(H,23,24). The minimum atomic E-state index is -0.940. The van der Waals surface area contributed by atoms with Crippen molar-refractivity contribution in [3.8, 4) is 0 Å². The van der Waals surface area contributed by atoms with Gasteiger partial charge in [-0.3, -0.25) is 4.79 Å². The van der Waals surface area contributed by atoms with Gasteiger partial charge in [0.2, 0.25) is 5.91 Å². The van der Waals surface area contributed by atoms with Crippen molar-refractivity contribution in [3.05, 3.63) is 70.8 Å². The number of carbonyl (C=O) groups excluding carboxylic acids is 1. The predicted molar refractivity (Wildman–Crippen MR) is 94.2 cm³/mol. The third-order valence-corrected chi connectivity index (χ3v) is 4.04. The minimum absolute atomic E-state index is 0.0124. The van der Waals surface area contributed by atoms with Crippen molar-refractivity contribution in [3.63, 3.8) is 0 Å². The molecule has 0 fully saturated rings. The summed E-state index contributed by atoms with van der Waals surface area (Å²) in [7, 11) is 0. The molecule has 0 bridgehead atoms. The Balaban J connectivity index is 1.80. The first-order chi connectivity index (χ1) is 11.5. The van der Waals surface area contributed by atoms with Crippen molar-refractivity contribution in [1.29, 1.82) is 0 Å². The van der Waals surface area contributed by atoms with E-state index in [-0.39, 0.29) is 17.5 Å². The number of hydrogen-bond acceptors (Lipinski definition) is 2. The van der Waals surface area contributed by atoms with Gasteiger partial charge in [-0.05, 0) is 55.5 Å². The summed E-state index contributed by atoms with van der Waals surface area (Å²) < 4.78 is 0. The topological polar surface area (TPSA) is 66.4 Å². The molecule has 1 unspecified atom stereocenters. The van der Waals surface area contributed by atoms with Gasteiger partial charge in [-0.1, -0.05) is 36.4 Å². The third-order valence-electron chi connectivity index (χ3n) is 4.04. The Morgan fingerprint density at radius 1 is 1.08 bits per heavy atom. The molecule has 0 saturated carbocycles. The molecule has 4 nitrogen and oxygen atoms in total. The van der Waals surface area contributed by atoms with Gasteiger partial charge in [-0.2, -0.15) is 0 Å². The number of aromatic carboxylic acids is 1. The molecule has 2 aromatic rings.